The number of aliphatic imine (C=N–C) groups is 1. The molecule has 5 nitrogen and oxygen atoms in total. The van der Waals surface area contributed by atoms with Crippen LogP contribution in [0.1, 0.15) is 58.8 Å². The van der Waals surface area contributed by atoms with Crippen molar-refractivity contribution in [2.45, 2.75) is 64.0 Å². The summed E-state index contributed by atoms with van der Waals surface area (Å²) in [5.74, 6) is 6.05. The lowest BCUT2D eigenvalue weighted by Gasteiger charge is -2.15. The van der Waals surface area contributed by atoms with Gasteiger partial charge in [0.25, 0.3) is 0 Å². The van der Waals surface area contributed by atoms with Crippen molar-refractivity contribution in [3.63, 3.8) is 0 Å². The first kappa shape index (κ1) is 23.0. The molecule has 6 heteroatoms. The Hall–Kier alpha value is -2.26. The number of rotatable bonds is 9. The second-order valence-electron chi connectivity index (χ2n) is 7.26. The Morgan fingerprint density at radius 3 is 2.86 bits per heavy atom. The zero-order valence-corrected chi connectivity index (χ0v) is 18.3. The molecule has 1 atom stereocenters. The maximum Gasteiger partial charge on any atom is 0.249 e. The predicted octanol–water partition coefficient (Wildman–Crippen LogP) is 3.50. The second kappa shape index (κ2) is 12.3. The Bertz CT molecular complexity index is 797. The number of thiol groups is 1. The molecule has 1 unspecified atom stereocenters. The molecule has 0 aromatic carbocycles. The van der Waals surface area contributed by atoms with E-state index < -0.39 is 0 Å². The molecule has 0 bridgehead atoms. The molecule has 1 aliphatic carbocycles. The smallest absolute Gasteiger partial charge is 0.249 e. The van der Waals surface area contributed by atoms with Gasteiger partial charge in [0.15, 0.2) is 0 Å². The summed E-state index contributed by atoms with van der Waals surface area (Å²) in [7, 11) is 0. The summed E-state index contributed by atoms with van der Waals surface area (Å²) in [5.41, 5.74) is 3.77. The third-order valence-electron chi connectivity index (χ3n) is 4.91. The molecule has 29 heavy (non-hydrogen) atoms. The van der Waals surface area contributed by atoms with Gasteiger partial charge in [-0.25, -0.2) is 0 Å². The van der Waals surface area contributed by atoms with Crippen molar-refractivity contribution < 1.29 is 9.59 Å². The van der Waals surface area contributed by atoms with E-state index in [2.05, 4.69) is 53.9 Å². The van der Waals surface area contributed by atoms with Gasteiger partial charge in [0, 0.05) is 37.7 Å². The number of carbonyl (C=O) groups excluding carboxylic acids is 2. The topological polar surface area (TPSA) is 70.6 Å². The fourth-order valence-corrected chi connectivity index (χ4v) is 3.45. The van der Waals surface area contributed by atoms with Crippen LogP contribution in [-0.2, 0) is 9.59 Å². The van der Waals surface area contributed by atoms with Crippen LogP contribution in [0.15, 0.2) is 39.6 Å². The minimum atomic E-state index is -0.369. The highest BCUT2D eigenvalue weighted by Gasteiger charge is 2.18. The van der Waals surface area contributed by atoms with Crippen LogP contribution < -0.4 is 10.6 Å². The standard InChI is InChI=1S/C23H31N3O2S/c1-3-18-15-20(21(29)11-7-9-17(18)2)23(28)25-14-6-4-5-12-22(27)26-19-10-8-13-24-16-19/h10,15-16,21,29H,3-6,8-9,12-14H2,1-2H3,(H,25,28)(H,26,27)/b18-17-,20-15+. The van der Waals surface area contributed by atoms with Crippen LogP contribution in [0.3, 0.4) is 0 Å². The van der Waals surface area contributed by atoms with E-state index in [1.54, 1.807) is 6.21 Å². The van der Waals surface area contributed by atoms with Gasteiger partial charge in [0.05, 0.1) is 10.9 Å². The fraction of sp³-hybridized carbons (Fsp3) is 0.522. The molecular formula is C23H31N3O2S. The first-order chi connectivity index (χ1) is 14.0. The van der Waals surface area contributed by atoms with Crippen LogP contribution in [-0.4, -0.2) is 36.4 Å². The molecule has 1 heterocycles. The molecule has 0 spiro atoms. The van der Waals surface area contributed by atoms with Gasteiger partial charge in [-0.15, -0.1) is 0 Å². The van der Waals surface area contributed by atoms with E-state index in [1.165, 1.54) is 5.57 Å². The molecular weight excluding hydrogens is 382 g/mol. The zero-order chi connectivity index (χ0) is 21.1. The van der Waals surface area contributed by atoms with Crippen molar-refractivity contribution in [2.75, 3.05) is 13.1 Å². The van der Waals surface area contributed by atoms with Crippen LogP contribution in [0.25, 0.3) is 0 Å². The quantitative estimate of drug-likeness (QED) is 0.308. The Balaban J connectivity index is 1.71. The second-order valence-corrected chi connectivity index (χ2v) is 7.77. The van der Waals surface area contributed by atoms with E-state index >= 15 is 0 Å². The van der Waals surface area contributed by atoms with Gasteiger partial charge in [-0.3, -0.25) is 14.6 Å². The summed E-state index contributed by atoms with van der Waals surface area (Å²) in [5, 5.41) is 5.47. The number of amides is 2. The molecule has 2 amide bonds. The number of nitrogens with zero attached hydrogens (tertiary/aromatic N) is 1. The lowest BCUT2D eigenvalue weighted by Crippen LogP contribution is -2.29. The zero-order valence-electron chi connectivity index (χ0n) is 17.4. The summed E-state index contributed by atoms with van der Waals surface area (Å²) >= 11 is 4.49. The molecule has 2 N–H and O–H groups in total. The van der Waals surface area contributed by atoms with E-state index in [4.69, 9.17) is 0 Å². The van der Waals surface area contributed by atoms with E-state index in [0.29, 0.717) is 18.5 Å². The number of hydrogen-bond donors (Lipinski definition) is 3. The van der Waals surface area contributed by atoms with E-state index in [1.807, 2.05) is 12.2 Å². The molecule has 2 aliphatic rings. The first-order valence-corrected chi connectivity index (χ1v) is 10.9. The monoisotopic (exact) mass is 413 g/mol. The number of allylic oxidation sites excluding steroid dienone is 4. The third kappa shape index (κ3) is 7.94. The van der Waals surface area contributed by atoms with Crippen LogP contribution in [0, 0.1) is 11.8 Å². The van der Waals surface area contributed by atoms with Crippen molar-refractivity contribution in [2.24, 2.45) is 4.99 Å². The first-order valence-electron chi connectivity index (χ1n) is 10.4. The van der Waals surface area contributed by atoms with E-state index in [0.717, 1.165) is 56.3 Å². The van der Waals surface area contributed by atoms with Crippen molar-refractivity contribution in [3.05, 3.63) is 34.6 Å². The number of dihydropyridines is 1. The summed E-state index contributed by atoms with van der Waals surface area (Å²) in [4.78, 5) is 28.7. The number of nitrogens with one attached hydrogen (secondary N) is 2. The Labute approximate surface area is 179 Å². The lowest BCUT2D eigenvalue weighted by atomic mass is 9.97. The van der Waals surface area contributed by atoms with Gasteiger partial charge in [0.2, 0.25) is 11.8 Å². The summed E-state index contributed by atoms with van der Waals surface area (Å²) in [6, 6.07) is 0. The minimum Gasteiger partial charge on any atom is -0.352 e. The van der Waals surface area contributed by atoms with Crippen molar-refractivity contribution in [1.29, 1.82) is 0 Å². The normalized spacial score (nSPS) is 22.9. The molecule has 0 radical (unpaired) electrons. The van der Waals surface area contributed by atoms with Crippen LogP contribution in [0.4, 0.5) is 0 Å². The molecule has 1 aliphatic heterocycles. The Morgan fingerprint density at radius 1 is 1.31 bits per heavy atom. The van der Waals surface area contributed by atoms with Gasteiger partial charge in [0.1, 0.15) is 0 Å². The van der Waals surface area contributed by atoms with E-state index in [-0.39, 0.29) is 17.1 Å². The maximum atomic E-state index is 12.6. The van der Waals surface area contributed by atoms with Gasteiger partial charge in [-0.1, -0.05) is 36.8 Å². The van der Waals surface area contributed by atoms with Crippen molar-refractivity contribution >= 4 is 30.7 Å². The number of unbranched alkanes of at least 4 members (excludes halogenated alkanes) is 2. The van der Waals surface area contributed by atoms with Gasteiger partial charge in [-0.05, 0) is 44.3 Å². The lowest BCUT2D eigenvalue weighted by molar-refractivity contribution is -0.120. The Kier molecular flexibility index (Phi) is 9.79. The predicted molar refractivity (Wildman–Crippen MR) is 122 cm³/mol. The minimum absolute atomic E-state index is 0.0130. The highest BCUT2D eigenvalue weighted by molar-refractivity contribution is 7.81. The van der Waals surface area contributed by atoms with Gasteiger partial charge in [-0.2, -0.15) is 12.6 Å². The SMILES string of the molecule is CCC1=C(\C)CC#CC(S)/C(C(=O)NCCCCCC(=O)NC2=CCCN=C2)=C\1. The summed E-state index contributed by atoms with van der Waals surface area (Å²) < 4.78 is 0. The average Bonchev–Trinajstić information content (AvgIpc) is 2.70. The number of carbonyl (C=O) groups is 2. The largest absolute Gasteiger partial charge is 0.352 e. The molecule has 0 aromatic heterocycles. The van der Waals surface area contributed by atoms with Gasteiger partial charge >= 0.3 is 0 Å². The maximum absolute atomic E-state index is 12.6. The van der Waals surface area contributed by atoms with E-state index in [9.17, 15) is 9.59 Å². The molecule has 0 saturated carbocycles. The van der Waals surface area contributed by atoms with Crippen LogP contribution in [0.2, 0.25) is 0 Å². The van der Waals surface area contributed by atoms with Crippen LogP contribution in [0.5, 0.6) is 0 Å². The molecule has 0 aromatic rings. The van der Waals surface area contributed by atoms with Crippen LogP contribution >= 0.6 is 12.6 Å². The number of hydrogen-bond acceptors (Lipinski definition) is 4. The van der Waals surface area contributed by atoms with Gasteiger partial charge < -0.3 is 10.6 Å². The average molecular weight is 414 g/mol. The Morgan fingerprint density at radius 2 is 2.14 bits per heavy atom. The highest BCUT2D eigenvalue weighted by atomic mass is 32.1. The molecule has 2 rings (SSSR count). The summed E-state index contributed by atoms with van der Waals surface area (Å²) in [6.45, 7) is 5.51. The molecule has 0 fully saturated rings. The van der Waals surface area contributed by atoms with Crippen molar-refractivity contribution in [1.82, 2.24) is 10.6 Å². The summed E-state index contributed by atoms with van der Waals surface area (Å²) in [6.07, 6.45) is 11.1. The third-order valence-corrected chi connectivity index (χ3v) is 5.32. The van der Waals surface area contributed by atoms with Crippen molar-refractivity contribution in [3.8, 4) is 11.8 Å². The fourth-order valence-electron chi connectivity index (χ4n) is 3.16. The molecule has 0 saturated heterocycles. The molecule has 156 valence electrons. The highest BCUT2D eigenvalue weighted by Crippen LogP contribution is 2.21.